The highest BCUT2D eigenvalue weighted by Crippen LogP contribution is 2.15. The van der Waals surface area contributed by atoms with Crippen molar-refractivity contribution in [3.8, 4) is 0 Å². The van der Waals surface area contributed by atoms with Gasteiger partial charge >= 0.3 is 0 Å². The standard InChI is InChI=1S/C23H38N2O.ClH/c1-3-4-5-6-7-8-9-10-12-20-14-16-21(17-15-20)23(26)25(2)22-13-11-18-24-19-22;/h14-17,22,24H,3-13,18-19H2,1-2H3;1H/t22-;/m1./s1. The Balaban J connectivity index is 0.00000364. The van der Waals surface area contributed by atoms with Crippen molar-refractivity contribution >= 4 is 18.3 Å². The second-order valence-electron chi connectivity index (χ2n) is 7.84. The molecule has 1 aliphatic rings. The number of likely N-dealkylation sites (N-methyl/N-ethyl adjacent to an activating group) is 1. The van der Waals surface area contributed by atoms with E-state index in [9.17, 15) is 4.79 Å². The Morgan fingerprint density at radius 1 is 1.04 bits per heavy atom. The Labute approximate surface area is 172 Å². The van der Waals surface area contributed by atoms with Gasteiger partial charge < -0.3 is 10.2 Å². The lowest BCUT2D eigenvalue weighted by Crippen LogP contribution is -2.46. The number of aryl methyl sites for hydroxylation is 1. The largest absolute Gasteiger partial charge is 0.337 e. The number of rotatable bonds is 11. The second-order valence-corrected chi connectivity index (χ2v) is 7.84. The van der Waals surface area contributed by atoms with Gasteiger partial charge in [0.05, 0.1) is 0 Å². The van der Waals surface area contributed by atoms with Crippen LogP contribution in [0.15, 0.2) is 24.3 Å². The summed E-state index contributed by atoms with van der Waals surface area (Å²) in [6, 6.07) is 8.63. The quantitative estimate of drug-likeness (QED) is 0.494. The van der Waals surface area contributed by atoms with E-state index in [0.717, 1.165) is 37.9 Å². The fraction of sp³-hybridized carbons (Fsp3) is 0.696. The van der Waals surface area contributed by atoms with Crippen LogP contribution in [0.5, 0.6) is 0 Å². The van der Waals surface area contributed by atoms with Gasteiger partial charge in [-0.25, -0.2) is 0 Å². The second kappa shape index (κ2) is 14.0. The molecule has 0 aromatic heterocycles. The molecule has 0 unspecified atom stereocenters. The SMILES string of the molecule is CCCCCCCCCCc1ccc(C(=O)N(C)[C@@H]2CCCNC2)cc1.Cl. The molecular weight excluding hydrogens is 356 g/mol. The fourth-order valence-corrected chi connectivity index (χ4v) is 3.81. The zero-order valence-electron chi connectivity index (χ0n) is 17.3. The molecule has 1 heterocycles. The summed E-state index contributed by atoms with van der Waals surface area (Å²) in [4.78, 5) is 14.6. The smallest absolute Gasteiger partial charge is 0.253 e. The Morgan fingerprint density at radius 3 is 2.26 bits per heavy atom. The van der Waals surface area contributed by atoms with Crippen LogP contribution in [0.4, 0.5) is 0 Å². The van der Waals surface area contributed by atoms with Crippen molar-refractivity contribution in [2.45, 2.75) is 83.6 Å². The number of piperidine rings is 1. The predicted molar refractivity (Wildman–Crippen MR) is 118 cm³/mol. The van der Waals surface area contributed by atoms with Gasteiger partial charge in [-0.05, 0) is 49.9 Å². The minimum absolute atomic E-state index is 0. The molecule has 0 radical (unpaired) electrons. The van der Waals surface area contributed by atoms with Gasteiger partial charge in [0, 0.05) is 25.2 Å². The maximum absolute atomic E-state index is 12.7. The molecule has 1 N–H and O–H groups in total. The molecule has 2 rings (SSSR count). The van der Waals surface area contributed by atoms with E-state index < -0.39 is 0 Å². The maximum atomic E-state index is 12.7. The zero-order chi connectivity index (χ0) is 18.6. The normalized spacial score (nSPS) is 16.6. The lowest BCUT2D eigenvalue weighted by molar-refractivity contribution is 0.0708. The van der Waals surface area contributed by atoms with Gasteiger partial charge in [0.25, 0.3) is 5.91 Å². The lowest BCUT2D eigenvalue weighted by Gasteiger charge is -2.31. The van der Waals surface area contributed by atoms with Crippen LogP contribution in [0.25, 0.3) is 0 Å². The van der Waals surface area contributed by atoms with Crippen LogP contribution in [0, 0.1) is 0 Å². The van der Waals surface area contributed by atoms with Gasteiger partial charge in [0.1, 0.15) is 0 Å². The van der Waals surface area contributed by atoms with Gasteiger partial charge in [0.15, 0.2) is 0 Å². The number of halogens is 1. The number of amides is 1. The molecule has 0 bridgehead atoms. The molecular formula is C23H39ClN2O. The van der Waals surface area contributed by atoms with Crippen LogP contribution < -0.4 is 5.32 Å². The van der Waals surface area contributed by atoms with Crippen LogP contribution in [0.3, 0.4) is 0 Å². The predicted octanol–water partition coefficient (Wildman–Crippen LogP) is 5.62. The molecule has 27 heavy (non-hydrogen) atoms. The first-order valence-electron chi connectivity index (χ1n) is 10.8. The highest BCUT2D eigenvalue weighted by atomic mass is 35.5. The molecule has 1 amide bonds. The number of hydrogen-bond donors (Lipinski definition) is 1. The summed E-state index contributed by atoms with van der Waals surface area (Å²) in [5, 5.41) is 3.38. The number of unbranched alkanes of at least 4 members (excludes halogenated alkanes) is 7. The van der Waals surface area contributed by atoms with Gasteiger partial charge in [0.2, 0.25) is 0 Å². The van der Waals surface area contributed by atoms with Gasteiger partial charge in [-0.2, -0.15) is 0 Å². The highest BCUT2D eigenvalue weighted by molar-refractivity contribution is 5.94. The number of carbonyl (C=O) groups is 1. The molecule has 4 heteroatoms. The lowest BCUT2D eigenvalue weighted by atomic mass is 10.0. The number of nitrogens with one attached hydrogen (secondary N) is 1. The van der Waals surface area contributed by atoms with Crippen molar-refractivity contribution in [3.05, 3.63) is 35.4 Å². The first-order valence-corrected chi connectivity index (χ1v) is 10.8. The molecule has 1 aromatic rings. The van der Waals surface area contributed by atoms with Crippen molar-refractivity contribution in [1.29, 1.82) is 0 Å². The van der Waals surface area contributed by atoms with Crippen molar-refractivity contribution in [3.63, 3.8) is 0 Å². The number of carbonyl (C=O) groups excluding carboxylic acids is 1. The summed E-state index contributed by atoms with van der Waals surface area (Å²) >= 11 is 0. The molecule has 1 atom stereocenters. The average Bonchev–Trinajstić information content (AvgIpc) is 2.70. The van der Waals surface area contributed by atoms with Crippen molar-refractivity contribution in [2.75, 3.05) is 20.1 Å². The van der Waals surface area contributed by atoms with Crippen LogP contribution in [-0.4, -0.2) is 37.0 Å². The molecule has 0 spiro atoms. The minimum atomic E-state index is 0. The van der Waals surface area contributed by atoms with Crippen LogP contribution in [0.1, 0.15) is 87.1 Å². The molecule has 0 saturated carbocycles. The van der Waals surface area contributed by atoms with Gasteiger partial charge in [-0.1, -0.05) is 64.0 Å². The Morgan fingerprint density at radius 2 is 1.67 bits per heavy atom. The monoisotopic (exact) mass is 394 g/mol. The van der Waals surface area contributed by atoms with E-state index in [4.69, 9.17) is 0 Å². The van der Waals surface area contributed by atoms with Crippen LogP contribution in [-0.2, 0) is 6.42 Å². The molecule has 1 saturated heterocycles. The first kappa shape index (κ1) is 24.0. The van der Waals surface area contributed by atoms with E-state index in [0.29, 0.717) is 6.04 Å². The fourth-order valence-electron chi connectivity index (χ4n) is 3.81. The van der Waals surface area contributed by atoms with Crippen molar-refractivity contribution in [1.82, 2.24) is 10.2 Å². The summed E-state index contributed by atoms with van der Waals surface area (Å²) in [5.74, 6) is 0.150. The first-order chi connectivity index (χ1) is 12.7. The van der Waals surface area contributed by atoms with E-state index in [1.165, 1.54) is 56.9 Å². The summed E-state index contributed by atoms with van der Waals surface area (Å²) in [5.41, 5.74) is 2.17. The Bertz CT molecular complexity index is 512. The highest BCUT2D eigenvalue weighted by Gasteiger charge is 2.22. The van der Waals surface area contributed by atoms with Crippen LogP contribution in [0.2, 0.25) is 0 Å². The molecule has 1 fully saturated rings. The third kappa shape index (κ3) is 8.66. The van der Waals surface area contributed by atoms with Gasteiger partial charge in [-0.3, -0.25) is 4.79 Å². The third-order valence-electron chi connectivity index (χ3n) is 5.66. The summed E-state index contributed by atoms with van der Waals surface area (Å²) in [6.45, 7) is 4.26. The van der Waals surface area contributed by atoms with E-state index in [2.05, 4.69) is 24.4 Å². The van der Waals surface area contributed by atoms with E-state index in [1.807, 2.05) is 24.1 Å². The molecule has 1 aliphatic heterocycles. The van der Waals surface area contributed by atoms with Crippen molar-refractivity contribution < 1.29 is 4.79 Å². The molecule has 3 nitrogen and oxygen atoms in total. The van der Waals surface area contributed by atoms with Crippen molar-refractivity contribution in [2.24, 2.45) is 0 Å². The van der Waals surface area contributed by atoms with Crippen LogP contribution >= 0.6 is 12.4 Å². The van der Waals surface area contributed by atoms with E-state index in [-0.39, 0.29) is 18.3 Å². The molecule has 154 valence electrons. The van der Waals surface area contributed by atoms with E-state index >= 15 is 0 Å². The zero-order valence-corrected chi connectivity index (χ0v) is 18.2. The maximum Gasteiger partial charge on any atom is 0.253 e. The third-order valence-corrected chi connectivity index (χ3v) is 5.66. The Kier molecular flexibility index (Phi) is 12.4. The van der Waals surface area contributed by atoms with E-state index in [1.54, 1.807) is 0 Å². The summed E-state index contributed by atoms with van der Waals surface area (Å²) in [6.07, 6.45) is 14.2. The number of hydrogen-bond acceptors (Lipinski definition) is 2. The number of benzene rings is 1. The molecule has 0 aliphatic carbocycles. The topological polar surface area (TPSA) is 32.3 Å². The minimum Gasteiger partial charge on any atom is -0.337 e. The molecule has 1 aromatic carbocycles. The average molecular weight is 395 g/mol. The summed E-state index contributed by atoms with van der Waals surface area (Å²) in [7, 11) is 1.94. The van der Waals surface area contributed by atoms with Gasteiger partial charge in [-0.15, -0.1) is 12.4 Å². The number of nitrogens with zero attached hydrogens (tertiary/aromatic N) is 1. The summed E-state index contributed by atoms with van der Waals surface area (Å²) < 4.78 is 0. The Hall–Kier alpha value is -1.06.